The smallest absolute Gasteiger partial charge is 0.275 e. The van der Waals surface area contributed by atoms with E-state index in [-0.39, 0.29) is 11.3 Å². The minimum atomic E-state index is -0.471. The number of amides is 1. The lowest BCUT2D eigenvalue weighted by Crippen LogP contribution is -2.27. The number of carbonyl (C=O) groups excluding carboxylic acids is 1. The van der Waals surface area contributed by atoms with Gasteiger partial charge >= 0.3 is 0 Å². The SMILES string of the molecule is O=C(N/N=C/c1ccc(N(CCCl)CCCl)cc1)c1ccccc1O. The predicted molar refractivity (Wildman–Crippen MR) is 103 cm³/mol. The quantitative estimate of drug-likeness (QED) is 0.419. The van der Waals surface area contributed by atoms with Crippen molar-refractivity contribution in [1.29, 1.82) is 0 Å². The summed E-state index contributed by atoms with van der Waals surface area (Å²) < 4.78 is 0. The van der Waals surface area contributed by atoms with Crippen LogP contribution in [0.1, 0.15) is 15.9 Å². The zero-order valence-electron chi connectivity index (χ0n) is 13.5. The number of hydrogen-bond donors (Lipinski definition) is 2. The van der Waals surface area contributed by atoms with E-state index in [4.69, 9.17) is 23.2 Å². The molecule has 0 heterocycles. The summed E-state index contributed by atoms with van der Waals surface area (Å²) >= 11 is 11.6. The van der Waals surface area contributed by atoms with E-state index in [1.54, 1.807) is 12.1 Å². The summed E-state index contributed by atoms with van der Waals surface area (Å²) in [6.45, 7) is 1.44. The van der Waals surface area contributed by atoms with Crippen LogP contribution in [-0.4, -0.2) is 42.1 Å². The van der Waals surface area contributed by atoms with Crippen molar-refractivity contribution in [3.8, 4) is 5.75 Å². The van der Waals surface area contributed by atoms with Crippen LogP contribution in [0, 0.1) is 0 Å². The van der Waals surface area contributed by atoms with Gasteiger partial charge in [0.05, 0.1) is 11.8 Å². The number of aromatic hydroxyl groups is 1. The van der Waals surface area contributed by atoms with E-state index in [0.717, 1.165) is 24.3 Å². The van der Waals surface area contributed by atoms with Crippen molar-refractivity contribution in [2.24, 2.45) is 5.10 Å². The first-order valence-electron chi connectivity index (χ1n) is 7.74. The number of hydrazone groups is 1. The summed E-state index contributed by atoms with van der Waals surface area (Å²) in [5.74, 6) is 0.497. The first-order chi connectivity index (χ1) is 12.2. The molecule has 0 aliphatic carbocycles. The Morgan fingerprint density at radius 1 is 1.08 bits per heavy atom. The van der Waals surface area contributed by atoms with Crippen molar-refractivity contribution in [1.82, 2.24) is 5.43 Å². The predicted octanol–water partition coefficient (Wildman–Crippen LogP) is 3.44. The van der Waals surface area contributed by atoms with E-state index < -0.39 is 5.91 Å². The third-order valence-corrected chi connectivity index (χ3v) is 3.83. The van der Waals surface area contributed by atoms with Gasteiger partial charge in [0, 0.05) is 30.5 Å². The molecular weight excluding hydrogens is 361 g/mol. The third-order valence-electron chi connectivity index (χ3n) is 3.50. The number of hydrogen-bond acceptors (Lipinski definition) is 4. The zero-order valence-corrected chi connectivity index (χ0v) is 15.0. The summed E-state index contributed by atoms with van der Waals surface area (Å²) in [4.78, 5) is 14.0. The molecule has 0 spiro atoms. The highest BCUT2D eigenvalue weighted by molar-refractivity contribution is 6.18. The number of para-hydroxylation sites is 1. The van der Waals surface area contributed by atoms with Gasteiger partial charge in [-0.25, -0.2) is 5.43 Å². The Labute approximate surface area is 156 Å². The molecule has 0 radical (unpaired) electrons. The van der Waals surface area contributed by atoms with Crippen molar-refractivity contribution in [2.75, 3.05) is 29.7 Å². The van der Waals surface area contributed by atoms with E-state index in [1.807, 2.05) is 24.3 Å². The number of anilines is 1. The number of carbonyl (C=O) groups is 1. The van der Waals surface area contributed by atoms with E-state index in [0.29, 0.717) is 11.8 Å². The average molecular weight is 380 g/mol. The molecule has 2 aromatic rings. The van der Waals surface area contributed by atoms with Crippen LogP contribution >= 0.6 is 23.2 Å². The molecule has 2 aromatic carbocycles. The monoisotopic (exact) mass is 379 g/mol. The minimum Gasteiger partial charge on any atom is -0.507 e. The number of nitrogens with one attached hydrogen (secondary N) is 1. The molecule has 0 aliphatic heterocycles. The van der Waals surface area contributed by atoms with Crippen LogP contribution in [0.15, 0.2) is 53.6 Å². The molecule has 0 unspecified atom stereocenters. The van der Waals surface area contributed by atoms with Crippen molar-refractivity contribution in [3.63, 3.8) is 0 Å². The van der Waals surface area contributed by atoms with Crippen molar-refractivity contribution >= 4 is 41.0 Å². The van der Waals surface area contributed by atoms with Crippen LogP contribution in [0.25, 0.3) is 0 Å². The molecule has 0 aliphatic rings. The molecule has 0 aromatic heterocycles. The standard InChI is InChI=1S/C18H19Cl2N3O2/c19-9-11-23(12-10-20)15-7-5-14(6-8-15)13-21-22-18(25)16-3-1-2-4-17(16)24/h1-8,13,24H,9-12H2,(H,22,25)/b21-13+. The molecule has 1 amide bonds. The van der Waals surface area contributed by atoms with Crippen molar-refractivity contribution < 1.29 is 9.90 Å². The Balaban J connectivity index is 1.97. The van der Waals surface area contributed by atoms with Gasteiger partial charge in [-0.1, -0.05) is 24.3 Å². The van der Waals surface area contributed by atoms with Crippen molar-refractivity contribution in [3.05, 3.63) is 59.7 Å². The molecule has 25 heavy (non-hydrogen) atoms. The Kier molecular flexibility index (Phi) is 7.57. The lowest BCUT2D eigenvalue weighted by atomic mass is 10.2. The Morgan fingerprint density at radius 2 is 1.72 bits per heavy atom. The molecule has 5 nitrogen and oxygen atoms in total. The molecule has 7 heteroatoms. The van der Waals surface area contributed by atoms with Crippen LogP contribution in [0.4, 0.5) is 5.69 Å². The second kappa shape index (κ2) is 9.91. The number of rotatable bonds is 8. The minimum absolute atomic E-state index is 0.0850. The van der Waals surface area contributed by atoms with Crippen LogP contribution in [0.2, 0.25) is 0 Å². The molecule has 0 atom stereocenters. The summed E-state index contributed by atoms with van der Waals surface area (Å²) in [7, 11) is 0. The number of halogens is 2. The van der Waals surface area contributed by atoms with Gasteiger partial charge in [0.25, 0.3) is 5.91 Å². The Hall–Kier alpha value is -2.24. The topological polar surface area (TPSA) is 64.9 Å². The highest BCUT2D eigenvalue weighted by Gasteiger charge is 2.08. The largest absolute Gasteiger partial charge is 0.507 e. The molecule has 0 saturated heterocycles. The summed E-state index contributed by atoms with van der Waals surface area (Å²) in [5.41, 5.74) is 4.42. The van der Waals surface area contributed by atoms with Gasteiger partial charge in [-0.05, 0) is 29.8 Å². The molecule has 0 saturated carbocycles. The van der Waals surface area contributed by atoms with Gasteiger partial charge in [-0.15, -0.1) is 23.2 Å². The molecule has 2 rings (SSSR count). The fourth-order valence-corrected chi connectivity index (χ4v) is 2.64. The number of phenolic OH excluding ortho intramolecular Hbond substituents is 1. The summed E-state index contributed by atoms with van der Waals surface area (Å²) in [6.07, 6.45) is 1.54. The maximum Gasteiger partial charge on any atom is 0.275 e. The highest BCUT2D eigenvalue weighted by Crippen LogP contribution is 2.16. The maximum absolute atomic E-state index is 11.9. The average Bonchev–Trinajstić information content (AvgIpc) is 2.62. The first-order valence-corrected chi connectivity index (χ1v) is 8.81. The van der Waals surface area contributed by atoms with Crippen LogP contribution in [0.5, 0.6) is 5.75 Å². The van der Waals surface area contributed by atoms with Gasteiger partial charge in [0.1, 0.15) is 5.75 Å². The molecule has 0 bridgehead atoms. The molecule has 0 fully saturated rings. The van der Waals surface area contributed by atoms with E-state index in [1.165, 1.54) is 18.3 Å². The van der Waals surface area contributed by atoms with Crippen LogP contribution < -0.4 is 10.3 Å². The zero-order chi connectivity index (χ0) is 18.1. The van der Waals surface area contributed by atoms with E-state index in [9.17, 15) is 9.90 Å². The Morgan fingerprint density at radius 3 is 2.32 bits per heavy atom. The lowest BCUT2D eigenvalue weighted by molar-refractivity contribution is 0.0952. The first kappa shape index (κ1) is 19.1. The summed E-state index contributed by atoms with van der Waals surface area (Å²) in [5, 5.41) is 13.5. The molecule has 2 N–H and O–H groups in total. The third kappa shape index (κ3) is 5.66. The number of alkyl halides is 2. The van der Waals surface area contributed by atoms with Gasteiger partial charge in [0.15, 0.2) is 0 Å². The molecular formula is C18H19Cl2N3O2. The van der Waals surface area contributed by atoms with Crippen LogP contribution in [-0.2, 0) is 0 Å². The maximum atomic E-state index is 11.9. The van der Waals surface area contributed by atoms with E-state index in [2.05, 4.69) is 15.4 Å². The van der Waals surface area contributed by atoms with Crippen LogP contribution in [0.3, 0.4) is 0 Å². The van der Waals surface area contributed by atoms with E-state index >= 15 is 0 Å². The number of nitrogens with zero attached hydrogens (tertiary/aromatic N) is 2. The lowest BCUT2D eigenvalue weighted by Gasteiger charge is -2.22. The second-order valence-electron chi connectivity index (χ2n) is 5.17. The molecule has 132 valence electrons. The fraction of sp³-hybridized carbons (Fsp3) is 0.222. The summed E-state index contributed by atoms with van der Waals surface area (Å²) in [6, 6.07) is 14.0. The highest BCUT2D eigenvalue weighted by atomic mass is 35.5. The number of phenols is 1. The second-order valence-corrected chi connectivity index (χ2v) is 5.93. The van der Waals surface area contributed by atoms with Gasteiger partial charge in [-0.3, -0.25) is 4.79 Å². The normalized spacial score (nSPS) is 10.8. The van der Waals surface area contributed by atoms with Gasteiger partial charge in [0.2, 0.25) is 0 Å². The van der Waals surface area contributed by atoms with Gasteiger partial charge in [-0.2, -0.15) is 5.10 Å². The van der Waals surface area contributed by atoms with Gasteiger partial charge < -0.3 is 10.0 Å². The fourth-order valence-electron chi connectivity index (χ4n) is 2.24. The van der Waals surface area contributed by atoms with Crippen molar-refractivity contribution in [2.45, 2.75) is 0 Å². The Bertz CT molecular complexity index is 715. The number of benzene rings is 2.